The van der Waals surface area contributed by atoms with E-state index in [-0.39, 0.29) is 10.6 Å². The first kappa shape index (κ1) is 20.2. The van der Waals surface area contributed by atoms with Crippen molar-refractivity contribution in [3.05, 3.63) is 58.7 Å². The minimum atomic E-state index is -4.50. The Hall–Kier alpha value is -2.52. The van der Waals surface area contributed by atoms with E-state index in [1.54, 1.807) is 23.9 Å². The highest BCUT2D eigenvalue weighted by atomic mass is 35.5. The highest BCUT2D eigenvalue weighted by Crippen LogP contribution is 2.38. The standard InChI is InChI=1S/C18H14ClF3N2O3S/c1-24-9-14(12-6-4-11(8-15(12)19)18(20,21)22)13-5-3-10(7-16(13)24)17(25)23-28(2,26)27/h3-9H,1-2H3,(H,23,25). The van der Waals surface area contributed by atoms with Crippen LogP contribution in [0.3, 0.4) is 0 Å². The molecular weight excluding hydrogens is 417 g/mol. The van der Waals surface area contributed by atoms with E-state index in [0.717, 1.165) is 18.4 Å². The summed E-state index contributed by atoms with van der Waals surface area (Å²) in [6.45, 7) is 0. The van der Waals surface area contributed by atoms with Crippen molar-refractivity contribution in [3.8, 4) is 11.1 Å². The summed E-state index contributed by atoms with van der Waals surface area (Å²) in [5, 5.41) is 0.598. The lowest BCUT2D eigenvalue weighted by atomic mass is 10.0. The molecule has 0 aliphatic carbocycles. The summed E-state index contributed by atoms with van der Waals surface area (Å²) in [6, 6.07) is 7.64. The first-order chi connectivity index (χ1) is 12.9. The molecule has 10 heteroatoms. The number of fused-ring (bicyclic) bond motifs is 1. The van der Waals surface area contributed by atoms with Crippen molar-refractivity contribution in [3.63, 3.8) is 0 Å². The van der Waals surface area contributed by atoms with Crippen molar-refractivity contribution >= 4 is 38.4 Å². The van der Waals surface area contributed by atoms with E-state index in [2.05, 4.69) is 0 Å². The van der Waals surface area contributed by atoms with Crippen LogP contribution in [0.1, 0.15) is 15.9 Å². The second-order valence-corrected chi connectivity index (χ2v) is 8.44. The molecule has 148 valence electrons. The van der Waals surface area contributed by atoms with Crippen molar-refractivity contribution in [1.29, 1.82) is 0 Å². The van der Waals surface area contributed by atoms with Gasteiger partial charge in [0, 0.05) is 45.9 Å². The molecule has 2 aromatic carbocycles. The Morgan fingerprint density at radius 3 is 2.36 bits per heavy atom. The second kappa shape index (κ2) is 6.82. The third-order valence-corrected chi connectivity index (χ3v) is 4.99. The van der Waals surface area contributed by atoms with E-state index in [1.807, 2.05) is 4.72 Å². The summed E-state index contributed by atoms with van der Waals surface area (Å²) >= 11 is 6.09. The van der Waals surface area contributed by atoms with Gasteiger partial charge >= 0.3 is 6.18 Å². The first-order valence-corrected chi connectivity index (χ1v) is 10.1. The monoisotopic (exact) mass is 430 g/mol. The number of carbonyl (C=O) groups excluding carboxylic acids is 1. The van der Waals surface area contributed by atoms with Crippen molar-refractivity contribution in [2.45, 2.75) is 6.18 Å². The van der Waals surface area contributed by atoms with E-state index in [0.29, 0.717) is 22.0 Å². The number of rotatable bonds is 3. The Morgan fingerprint density at radius 1 is 1.11 bits per heavy atom. The van der Waals surface area contributed by atoms with Gasteiger partial charge in [0.05, 0.1) is 11.8 Å². The number of amides is 1. The minimum Gasteiger partial charge on any atom is -0.350 e. The number of aryl methyl sites for hydroxylation is 1. The molecule has 0 saturated carbocycles. The average molecular weight is 431 g/mol. The van der Waals surface area contributed by atoms with Gasteiger partial charge in [0.1, 0.15) is 0 Å². The molecule has 0 aliphatic heterocycles. The molecule has 1 aromatic heterocycles. The lowest BCUT2D eigenvalue weighted by Gasteiger charge is -2.09. The number of sulfonamides is 1. The number of halogens is 4. The van der Waals surface area contributed by atoms with Gasteiger partial charge in [-0.2, -0.15) is 13.2 Å². The van der Waals surface area contributed by atoms with Crippen molar-refractivity contribution in [2.75, 3.05) is 6.26 Å². The molecule has 0 unspecified atom stereocenters. The van der Waals surface area contributed by atoms with Gasteiger partial charge < -0.3 is 4.57 Å². The van der Waals surface area contributed by atoms with Crippen LogP contribution in [0, 0.1) is 0 Å². The van der Waals surface area contributed by atoms with Gasteiger partial charge in [-0.1, -0.05) is 23.7 Å². The van der Waals surface area contributed by atoms with Gasteiger partial charge in [-0.15, -0.1) is 0 Å². The summed E-state index contributed by atoms with van der Waals surface area (Å²) in [6.07, 6.45) is -1.95. The maximum Gasteiger partial charge on any atom is 0.416 e. The zero-order valence-corrected chi connectivity index (χ0v) is 16.2. The maximum absolute atomic E-state index is 12.9. The Kier molecular flexibility index (Phi) is 4.93. The maximum atomic E-state index is 12.9. The molecular formula is C18H14ClF3N2O3S. The van der Waals surface area contributed by atoms with Gasteiger partial charge in [0.25, 0.3) is 5.91 Å². The number of alkyl halides is 3. The molecule has 1 amide bonds. The van der Waals surface area contributed by atoms with Gasteiger partial charge in [-0.05, 0) is 24.3 Å². The molecule has 1 N–H and O–H groups in total. The average Bonchev–Trinajstić information content (AvgIpc) is 2.88. The molecule has 3 aromatic rings. The van der Waals surface area contributed by atoms with E-state index in [1.165, 1.54) is 18.2 Å². The Balaban J connectivity index is 2.09. The molecule has 0 saturated heterocycles. The fourth-order valence-electron chi connectivity index (χ4n) is 2.88. The SMILES string of the molecule is Cn1cc(-c2ccc(C(F)(F)F)cc2Cl)c2ccc(C(=O)NS(C)(=O)=O)cc21. The lowest BCUT2D eigenvalue weighted by molar-refractivity contribution is -0.137. The molecule has 0 bridgehead atoms. The van der Waals surface area contributed by atoms with Crippen LogP contribution in [0.5, 0.6) is 0 Å². The number of hydrogen-bond acceptors (Lipinski definition) is 3. The number of aromatic nitrogens is 1. The van der Waals surface area contributed by atoms with Crippen molar-refractivity contribution in [2.24, 2.45) is 7.05 Å². The van der Waals surface area contributed by atoms with Crippen LogP contribution in [-0.2, 0) is 23.2 Å². The summed E-state index contributed by atoms with van der Waals surface area (Å²) in [7, 11) is -2.01. The van der Waals surface area contributed by atoms with Gasteiger partial charge in [-0.3, -0.25) is 4.79 Å². The van der Waals surface area contributed by atoms with Gasteiger partial charge in [0.2, 0.25) is 10.0 Å². The number of benzene rings is 2. The van der Waals surface area contributed by atoms with Crippen LogP contribution in [0.4, 0.5) is 13.2 Å². The quantitative estimate of drug-likeness (QED) is 0.677. The summed E-state index contributed by atoms with van der Waals surface area (Å²) in [5.41, 5.74) is 0.873. The molecule has 0 fully saturated rings. The third-order valence-electron chi connectivity index (χ3n) is 4.12. The minimum absolute atomic E-state index is 0.0544. The molecule has 0 spiro atoms. The van der Waals surface area contributed by atoms with Gasteiger partial charge in [-0.25, -0.2) is 13.1 Å². The highest BCUT2D eigenvalue weighted by Gasteiger charge is 2.31. The van der Waals surface area contributed by atoms with Crippen molar-refractivity contribution in [1.82, 2.24) is 9.29 Å². The van der Waals surface area contributed by atoms with Crippen LogP contribution in [0.2, 0.25) is 5.02 Å². The molecule has 28 heavy (non-hydrogen) atoms. The van der Waals surface area contributed by atoms with E-state index in [4.69, 9.17) is 11.6 Å². The summed E-state index contributed by atoms with van der Waals surface area (Å²) in [4.78, 5) is 12.1. The molecule has 0 atom stereocenters. The van der Waals surface area contributed by atoms with Crippen LogP contribution in [0.15, 0.2) is 42.6 Å². The van der Waals surface area contributed by atoms with Crippen molar-refractivity contribution < 1.29 is 26.4 Å². The van der Waals surface area contributed by atoms with Crippen LogP contribution < -0.4 is 4.72 Å². The molecule has 3 rings (SSSR count). The fourth-order valence-corrected chi connectivity index (χ4v) is 3.61. The fraction of sp³-hybridized carbons (Fsp3) is 0.167. The number of hydrogen-bond donors (Lipinski definition) is 1. The summed E-state index contributed by atoms with van der Waals surface area (Å²) < 4.78 is 64.6. The molecule has 0 radical (unpaired) electrons. The van der Waals surface area contributed by atoms with E-state index in [9.17, 15) is 26.4 Å². The molecule has 5 nitrogen and oxygen atoms in total. The normalized spacial score (nSPS) is 12.4. The summed E-state index contributed by atoms with van der Waals surface area (Å²) in [5.74, 6) is -0.778. The third kappa shape index (κ3) is 4.00. The zero-order valence-electron chi connectivity index (χ0n) is 14.6. The smallest absolute Gasteiger partial charge is 0.350 e. The van der Waals surface area contributed by atoms with Gasteiger partial charge in [0.15, 0.2) is 0 Å². The van der Waals surface area contributed by atoms with Crippen LogP contribution >= 0.6 is 11.6 Å². The number of nitrogens with zero attached hydrogens (tertiary/aromatic N) is 1. The predicted octanol–water partition coefficient (Wildman–Crippen LogP) is 4.21. The highest BCUT2D eigenvalue weighted by molar-refractivity contribution is 7.89. The first-order valence-electron chi connectivity index (χ1n) is 7.85. The largest absolute Gasteiger partial charge is 0.416 e. The van der Waals surface area contributed by atoms with E-state index >= 15 is 0 Å². The zero-order chi connectivity index (χ0) is 20.9. The second-order valence-electron chi connectivity index (χ2n) is 6.28. The topological polar surface area (TPSA) is 68.2 Å². The number of carbonyl (C=O) groups is 1. The Morgan fingerprint density at radius 2 is 1.79 bits per heavy atom. The Bertz CT molecular complexity index is 1200. The van der Waals surface area contributed by atoms with Crippen LogP contribution in [0.25, 0.3) is 22.0 Å². The Labute approximate surface area is 163 Å². The molecule has 1 heterocycles. The van der Waals surface area contributed by atoms with E-state index < -0.39 is 27.7 Å². The predicted molar refractivity (Wildman–Crippen MR) is 101 cm³/mol. The number of nitrogens with one attached hydrogen (secondary N) is 1. The lowest BCUT2D eigenvalue weighted by Crippen LogP contribution is -2.29. The molecule has 0 aliphatic rings. The van der Waals surface area contributed by atoms with Crippen LogP contribution in [-0.4, -0.2) is 25.1 Å².